The fourth-order valence-corrected chi connectivity index (χ4v) is 0.970. The van der Waals surface area contributed by atoms with Gasteiger partial charge in [-0.2, -0.15) is 0 Å². The van der Waals surface area contributed by atoms with Crippen molar-refractivity contribution in [3.8, 4) is 5.75 Å². The van der Waals surface area contributed by atoms with Gasteiger partial charge in [0.2, 0.25) is 0 Å². The van der Waals surface area contributed by atoms with E-state index >= 15 is 0 Å². The zero-order valence-electron chi connectivity index (χ0n) is 8.36. The van der Waals surface area contributed by atoms with Gasteiger partial charge in [0.15, 0.2) is 0 Å². The van der Waals surface area contributed by atoms with Crippen molar-refractivity contribution in [3.63, 3.8) is 0 Å². The van der Waals surface area contributed by atoms with Crippen LogP contribution in [0.25, 0.3) is 0 Å². The normalized spacial score (nSPS) is 11.2. The summed E-state index contributed by atoms with van der Waals surface area (Å²) in [5.74, 6) is 0.273. The molecule has 1 rings (SSSR count). The molecule has 1 N–H and O–H groups in total. The molecule has 0 saturated carbocycles. The van der Waals surface area contributed by atoms with Gasteiger partial charge < -0.3 is 5.11 Å². The van der Waals surface area contributed by atoms with Crippen molar-refractivity contribution >= 4 is 0 Å². The van der Waals surface area contributed by atoms with Crippen molar-refractivity contribution in [1.82, 2.24) is 9.88 Å². The van der Waals surface area contributed by atoms with Gasteiger partial charge in [-0.05, 0) is 33.0 Å². The lowest BCUT2D eigenvalue weighted by Gasteiger charge is -2.20. The minimum absolute atomic E-state index is 0.273. The summed E-state index contributed by atoms with van der Waals surface area (Å²) in [6, 6.07) is 3.85. The van der Waals surface area contributed by atoms with Crippen molar-refractivity contribution < 1.29 is 5.11 Å². The molecule has 3 heteroatoms. The van der Waals surface area contributed by atoms with E-state index in [1.807, 2.05) is 7.05 Å². The topological polar surface area (TPSA) is 36.4 Å². The zero-order valence-corrected chi connectivity index (χ0v) is 8.36. The summed E-state index contributed by atoms with van der Waals surface area (Å²) >= 11 is 0. The highest BCUT2D eigenvalue weighted by Gasteiger charge is 2.07. The Kier molecular flexibility index (Phi) is 3.25. The molecule has 0 aromatic carbocycles. The van der Waals surface area contributed by atoms with Crippen LogP contribution >= 0.6 is 0 Å². The maximum atomic E-state index is 9.45. The fraction of sp³-hybridized carbons (Fsp3) is 0.500. The first kappa shape index (κ1) is 9.99. The molecule has 0 fully saturated rings. The molecule has 0 aliphatic rings. The van der Waals surface area contributed by atoms with Crippen LogP contribution in [-0.2, 0) is 6.54 Å². The summed E-state index contributed by atoms with van der Waals surface area (Å²) < 4.78 is 0. The van der Waals surface area contributed by atoms with Crippen molar-refractivity contribution in [1.29, 1.82) is 0 Å². The standard InChI is InChI=1S/C10H16N2O/c1-8(2)12(3)7-9-10(13)5-4-6-11-9/h4-6,8,13H,7H2,1-3H3. The smallest absolute Gasteiger partial charge is 0.138 e. The average molecular weight is 180 g/mol. The SMILES string of the molecule is CC(C)N(C)Cc1ncccc1O. The minimum atomic E-state index is 0.273. The summed E-state index contributed by atoms with van der Waals surface area (Å²) in [4.78, 5) is 6.24. The molecular weight excluding hydrogens is 164 g/mol. The molecule has 0 radical (unpaired) electrons. The summed E-state index contributed by atoms with van der Waals surface area (Å²) in [5.41, 5.74) is 0.735. The molecule has 0 amide bonds. The van der Waals surface area contributed by atoms with Gasteiger partial charge in [0, 0.05) is 18.8 Å². The van der Waals surface area contributed by atoms with E-state index in [9.17, 15) is 5.11 Å². The van der Waals surface area contributed by atoms with E-state index in [-0.39, 0.29) is 5.75 Å². The van der Waals surface area contributed by atoms with Crippen molar-refractivity contribution in [2.75, 3.05) is 7.05 Å². The predicted molar refractivity (Wildman–Crippen MR) is 52.5 cm³/mol. The molecule has 1 aromatic heterocycles. The molecule has 72 valence electrons. The van der Waals surface area contributed by atoms with E-state index < -0.39 is 0 Å². The minimum Gasteiger partial charge on any atom is -0.506 e. The molecule has 0 aliphatic heterocycles. The van der Waals surface area contributed by atoms with Crippen LogP contribution in [0.2, 0.25) is 0 Å². The number of hydrogen-bond donors (Lipinski definition) is 1. The van der Waals surface area contributed by atoms with Gasteiger partial charge >= 0.3 is 0 Å². The Morgan fingerprint density at radius 1 is 1.54 bits per heavy atom. The zero-order chi connectivity index (χ0) is 9.84. The third-order valence-corrected chi connectivity index (χ3v) is 2.15. The van der Waals surface area contributed by atoms with Crippen molar-refractivity contribution in [3.05, 3.63) is 24.0 Å². The van der Waals surface area contributed by atoms with Crippen LogP contribution in [-0.4, -0.2) is 28.1 Å². The van der Waals surface area contributed by atoms with Crippen molar-refractivity contribution in [2.24, 2.45) is 0 Å². The first-order valence-corrected chi connectivity index (χ1v) is 4.44. The highest BCUT2D eigenvalue weighted by atomic mass is 16.3. The molecule has 0 bridgehead atoms. The summed E-state index contributed by atoms with van der Waals surface area (Å²) in [6.07, 6.45) is 1.70. The van der Waals surface area contributed by atoms with Gasteiger partial charge in [-0.1, -0.05) is 0 Å². The average Bonchev–Trinajstić information content (AvgIpc) is 2.08. The lowest BCUT2D eigenvalue weighted by atomic mass is 10.2. The van der Waals surface area contributed by atoms with Crippen molar-refractivity contribution in [2.45, 2.75) is 26.4 Å². The number of rotatable bonds is 3. The molecule has 0 spiro atoms. The van der Waals surface area contributed by atoms with Gasteiger partial charge in [0.25, 0.3) is 0 Å². The summed E-state index contributed by atoms with van der Waals surface area (Å²) in [6.45, 7) is 4.91. The third kappa shape index (κ3) is 2.70. The van der Waals surface area contributed by atoms with Gasteiger partial charge in [-0.3, -0.25) is 9.88 Å². The van der Waals surface area contributed by atoms with Crippen LogP contribution in [0, 0.1) is 0 Å². The molecule has 0 saturated heterocycles. The number of aromatic hydroxyl groups is 1. The van der Waals surface area contributed by atoms with Crippen LogP contribution in [0.15, 0.2) is 18.3 Å². The molecular formula is C10H16N2O. The fourth-order valence-electron chi connectivity index (χ4n) is 0.970. The maximum Gasteiger partial charge on any atom is 0.138 e. The summed E-state index contributed by atoms with van der Waals surface area (Å²) in [5, 5.41) is 9.45. The Bertz CT molecular complexity index is 273. The number of hydrogen-bond acceptors (Lipinski definition) is 3. The van der Waals surface area contributed by atoms with Gasteiger partial charge in [-0.15, -0.1) is 0 Å². The number of pyridine rings is 1. The Labute approximate surface area is 79.0 Å². The molecule has 0 atom stereocenters. The highest BCUT2D eigenvalue weighted by Crippen LogP contribution is 2.14. The van der Waals surface area contributed by atoms with E-state index in [0.29, 0.717) is 12.6 Å². The molecule has 0 unspecified atom stereocenters. The van der Waals surface area contributed by atoms with E-state index in [1.165, 1.54) is 0 Å². The maximum absolute atomic E-state index is 9.45. The number of aromatic nitrogens is 1. The Morgan fingerprint density at radius 3 is 2.77 bits per heavy atom. The second-order valence-corrected chi connectivity index (χ2v) is 3.48. The van der Waals surface area contributed by atoms with E-state index in [1.54, 1.807) is 18.3 Å². The van der Waals surface area contributed by atoms with E-state index in [2.05, 4.69) is 23.7 Å². The molecule has 0 aliphatic carbocycles. The molecule has 13 heavy (non-hydrogen) atoms. The van der Waals surface area contributed by atoms with Gasteiger partial charge in [0.05, 0.1) is 5.69 Å². The van der Waals surface area contributed by atoms with Gasteiger partial charge in [-0.25, -0.2) is 0 Å². The second kappa shape index (κ2) is 4.23. The Hall–Kier alpha value is -1.09. The molecule has 1 heterocycles. The lowest BCUT2D eigenvalue weighted by molar-refractivity contribution is 0.258. The van der Waals surface area contributed by atoms with Crippen LogP contribution in [0.4, 0.5) is 0 Å². The Balaban J connectivity index is 2.69. The van der Waals surface area contributed by atoms with Crippen LogP contribution in [0.3, 0.4) is 0 Å². The van der Waals surface area contributed by atoms with Crippen LogP contribution in [0.5, 0.6) is 5.75 Å². The lowest BCUT2D eigenvalue weighted by Crippen LogP contribution is -2.26. The number of nitrogens with zero attached hydrogens (tertiary/aromatic N) is 2. The monoisotopic (exact) mass is 180 g/mol. The second-order valence-electron chi connectivity index (χ2n) is 3.48. The quantitative estimate of drug-likeness (QED) is 0.768. The summed E-state index contributed by atoms with van der Waals surface area (Å²) in [7, 11) is 2.01. The first-order chi connectivity index (χ1) is 6.11. The largest absolute Gasteiger partial charge is 0.506 e. The van der Waals surface area contributed by atoms with E-state index in [4.69, 9.17) is 0 Å². The molecule has 3 nitrogen and oxygen atoms in total. The third-order valence-electron chi connectivity index (χ3n) is 2.15. The van der Waals surface area contributed by atoms with Crippen LogP contribution < -0.4 is 0 Å². The molecule has 1 aromatic rings. The first-order valence-electron chi connectivity index (χ1n) is 4.44. The van der Waals surface area contributed by atoms with E-state index in [0.717, 1.165) is 5.69 Å². The predicted octanol–water partition coefficient (Wildman–Crippen LogP) is 1.63. The van der Waals surface area contributed by atoms with Crippen LogP contribution in [0.1, 0.15) is 19.5 Å². The highest BCUT2D eigenvalue weighted by molar-refractivity contribution is 5.24. The Morgan fingerprint density at radius 2 is 2.23 bits per heavy atom. The van der Waals surface area contributed by atoms with Gasteiger partial charge in [0.1, 0.15) is 5.75 Å².